The second-order valence-electron chi connectivity index (χ2n) is 10.7. The summed E-state index contributed by atoms with van der Waals surface area (Å²) in [5.74, 6) is -1.10. The molecule has 9 heteroatoms. The molecule has 4 unspecified atom stereocenters. The molecule has 0 radical (unpaired) electrons. The van der Waals surface area contributed by atoms with Gasteiger partial charge in [-0.1, -0.05) is 84.1 Å². The first kappa shape index (κ1) is 25.1. The van der Waals surface area contributed by atoms with Gasteiger partial charge in [-0.25, -0.2) is 9.91 Å². The van der Waals surface area contributed by atoms with Gasteiger partial charge in [0, 0.05) is 5.92 Å². The molecule has 204 valence electrons. The summed E-state index contributed by atoms with van der Waals surface area (Å²) >= 11 is 0. The van der Waals surface area contributed by atoms with Crippen molar-refractivity contribution < 1.29 is 14.4 Å². The molecule has 0 aromatic heterocycles. The van der Waals surface area contributed by atoms with Crippen molar-refractivity contribution in [2.24, 2.45) is 21.4 Å². The highest BCUT2D eigenvalue weighted by Crippen LogP contribution is 2.44. The Labute approximate surface area is 237 Å². The molecule has 3 amide bonds. The molecule has 41 heavy (non-hydrogen) atoms. The highest BCUT2D eigenvalue weighted by Gasteiger charge is 2.55. The van der Waals surface area contributed by atoms with Crippen LogP contribution in [0.5, 0.6) is 0 Å². The van der Waals surface area contributed by atoms with Gasteiger partial charge < -0.3 is 0 Å². The lowest BCUT2D eigenvalue weighted by molar-refractivity contribution is -0.136. The monoisotopic (exact) mass is 544 g/mol. The van der Waals surface area contributed by atoms with E-state index in [0.717, 1.165) is 46.6 Å². The van der Waals surface area contributed by atoms with Crippen molar-refractivity contribution in [1.29, 1.82) is 0 Å². The lowest BCUT2D eigenvalue weighted by Gasteiger charge is -2.30. The summed E-state index contributed by atoms with van der Waals surface area (Å²) in [7, 11) is 0. The van der Waals surface area contributed by atoms with Crippen LogP contribution in [0.4, 0.5) is 5.69 Å². The van der Waals surface area contributed by atoms with Crippen LogP contribution in [0.15, 0.2) is 112 Å². The summed E-state index contributed by atoms with van der Waals surface area (Å²) < 4.78 is 0. The topological polar surface area (TPSA) is 98.0 Å². The van der Waals surface area contributed by atoms with E-state index in [4.69, 9.17) is 5.10 Å². The van der Waals surface area contributed by atoms with Crippen molar-refractivity contribution in [1.82, 2.24) is 10.0 Å². The van der Waals surface area contributed by atoms with Crippen molar-refractivity contribution in [3.63, 3.8) is 0 Å². The molecule has 3 aromatic carbocycles. The Morgan fingerprint density at radius 3 is 2.27 bits per heavy atom. The Hall–Kier alpha value is -4.92. The third-order valence-corrected chi connectivity index (χ3v) is 8.21. The molecule has 4 aliphatic rings. The Morgan fingerprint density at radius 2 is 1.54 bits per heavy atom. The van der Waals surface area contributed by atoms with Crippen molar-refractivity contribution in [2.45, 2.75) is 37.4 Å². The maximum Gasteiger partial charge on any atom is 0.264 e. The van der Waals surface area contributed by atoms with Gasteiger partial charge in [-0.2, -0.15) is 10.2 Å². The van der Waals surface area contributed by atoms with Gasteiger partial charge in [0.05, 0.1) is 17.4 Å². The molecule has 1 aliphatic carbocycles. The van der Waals surface area contributed by atoms with Gasteiger partial charge in [-0.3, -0.25) is 19.4 Å². The van der Waals surface area contributed by atoms with E-state index in [1.54, 1.807) is 29.3 Å². The fraction of sp³-hybridized carbons (Fsp3) is 0.250. The van der Waals surface area contributed by atoms with Gasteiger partial charge in [0.1, 0.15) is 6.54 Å². The van der Waals surface area contributed by atoms with Crippen LogP contribution in [0, 0.1) is 5.92 Å². The zero-order valence-electron chi connectivity index (χ0n) is 22.3. The first-order valence-electron chi connectivity index (χ1n) is 13.9. The predicted molar refractivity (Wildman–Crippen MR) is 153 cm³/mol. The van der Waals surface area contributed by atoms with Crippen LogP contribution >= 0.6 is 0 Å². The lowest BCUT2D eigenvalue weighted by atomic mass is 9.77. The third kappa shape index (κ3) is 4.34. The number of fused-ring (bicyclic) bond motifs is 2. The van der Waals surface area contributed by atoms with Crippen molar-refractivity contribution in [3.8, 4) is 0 Å². The van der Waals surface area contributed by atoms with E-state index >= 15 is 0 Å². The minimum atomic E-state index is -0.965. The minimum Gasteiger partial charge on any atom is -0.271 e. The summed E-state index contributed by atoms with van der Waals surface area (Å²) in [5.41, 5.74) is 4.66. The summed E-state index contributed by atoms with van der Waals surface area (Å²) in [5, 5.41) is 16.1. The standard InChI is InChI=1S/C32H28N6O3/c39-26(20-36-30-28(33-35-36)31(40)37(32(30)41)24-16-8-3-9-17-24)38-29(22-13-6-2-7-14-22)25-18-10-15-23(27(25)34-38)19-21-11-4-1-5-12-21/h1-9,11-14,16-17,19,25,28-30H,10,15,18,20H2/b23-19-. The molecule has 3 heterocycles. The molecule has 7 rings (SSSR count). The van der Waals surface area contributed by atoms with Crippen LogP contribution < -0.4 is 4.90 Å². The van der Waals surface area contributed by atoms with Gasteiger partial charge >= 0.3 is 0 Å². The smallest absolute Gasteiger partial charge is 0.264 e. The molecule has 3 aromatic rings. The molecule has 0 spiro atoms. The minimum absolute atomic E-state index is 0.0567. The number of carbonyl (C=O) groups excluding carboxylic acids is 3. The highest BCUT2D eigenvalue weighted by molar-refractivity contribution is 6.25. The number of hydrazone groups is 1. The zero-order chi connectivity index (χ0) is 27.9. The maximum atomic E-state index is 14.0. The molecule has 3 aliphatic heterocycles. The fourth-order valence-electron chi connectivity index (χ4n) is 6.34. The first-order chi connectivity index (χ1) is 20.1. The van der Waals surface area contributed by atoms with E-state index in [1.165, 1.54) is 5.01 Å². The second-order valence-corrected chi connectivity index (χ2v) is 10.7. The average Bonchev–Trinajstić information content (AvgIpc) is 3.68. The van der Waals surface area contributed by atoms with Crippen LogP contribution in [0.3, 0.4) is 0 Å². The Morgan fingerprint density at radius 1 is 0.854 bits per heavy atom. The van der Waals surface area contributed by atoms with Gasteiger partial charge in [-0.05, 0) is 54.2 Å². The summed E-state index contributed by atoms with van der Waals surface area (Å²) in [6, 6.07) is 26.7. The lowest BCUT2D eigenvalue weighted by Crippen LogP contribution is -2.45. The van der Waals surface area contributed by atoms with E-state index in [2.05, 4.69) is 28.5 Å². The van der Waals surface area contributed by atoms with Crippen molar-refractivity contribution in [2.75, 3.05) is 11.4 Å². The van der Waals surface area contributed by atoms with Crippen molar-refractivity contribution in [3.05, 3.63) is 108 Å². The number of hydrogen-bond acceptors (Lipinski definition) is 7. The zero-order valence-corrected chi connectivity index (χ0v) is 22.3. The van der Waals surface area contributed by atoms with Crippen molar-refractivity contribution >= 4 is 35.2 Å². The molecular weight excluding hydrogens is 516 g/mol. The van der Waals surface area contributed by atoms with Gasteiger partial charge in [-0.15, -0.1) is 0 Å². The molecule has 2 fully saturated rings. The highest BCUT2D eigenvalue weighted by atomic mass is 16.2. The third-order valence-electron chi connectivity index (χ3n) is 8.21. The Balaban J connectivity index is 1.18. The van der Waals surface area contributed by atoms with E-state index in [0.29, 0.717) is 5.69 Å². The predicted octanol–water partition coefficient (Wildman–Crippen LogP) is 4.80. The number of anilines is 1. The molecule has 1 saturated heterocycles. The van der Waals surface area contributed by atoms with Crippen LogP contribution in [-0.2, 0) is 14.4 Å². The normalized spacial score (nSPS) is 26.0. The average molecular weight is 545 g/mol. The van der Waals surface area contributed by atoms with E-state index in [-0.39, 0.29) is 24.4 Å². The SMILES string of the molecule is O=C1C2N=NN(CC(=O)N3N=C4/C(=C\c5ccccc5)CCCC4C3c3ccccc3)C2C(=O)N1c1ccccc1. The van der Waals surface area contributed by atoms with E-state index in [1.807, 2.05) is 54.6 Å². The molecule has 1 saturated carbocycles. The van der Waals surface area contributed by atoms with E-state index < -0.39 is 23.9 Å². The number of para-hydroxylation sites is 1. The van der Waals surface area contributed by atoms with Crippen LogP contribution in [0.1, 0.15) is 36.4 Å². The number of amides is 3. The number of rotatable bonds is 5. The number of hydrogen-bond donors (Lipinski definition) is 0. The van der Waals surface area contributed by atoms with Gasteiger partial charge in [0.2, 0.25) is 0 Å². The summed E-state index contributed by atoms with van der Waals surface area (Å²) in [6.45, 7) is -0.211. The number of carbonyl (C=O) groups is 3. The molecule has 9 nitrogen and oxygen atoms in total. The number of imide groups is 1. The summed E-state index contributed by atoms with van der Waals surface area (Å²) in [4.78, 5) is 41.6. The largest absolute Gasteiger partial charge is 0.271 e. The number of allylic oxidation sites excluding steroid dienone is 1. The fourth-order valence-corrected chi connectivity index (χ4v) is 6.34. The van der Waals surface area contributed by atoms with E-state index in [9.17, 15) is 14.4 Å². The van der Waals surface area contributed by atoms with Crippen LogP contribution in [0.2, 0.25) is 0 Å². The van der Waals surface area contributed by atoms with Gasteiger partial charge in [0.25, 0.3) is 17.7 Å². The summed E-state index contributed by atoms with van der Waals surface area (Å²) in [6.07, 6.45) is 4.98. The molecule has 4 atom stereocenters. The Kier molecular flexibility index (Phi) is 6.26. The first-order valence-corrected chi connectivity index (χ1v) is 13.9. The second kappa shape index (κ2) is 10.2. The Bertz CT molecular complexity index is 1590. The molecule has 0 bridgehead atoms. The number of nitrogens with zero attached hydrogens (tertiary/aromatic N) is 6. The molecule has 0 N–H and O–H groups in total. The number of benzene rings is 3. The molecular formula is C32H28N6O3. The van der Waals surface area contributed by atoms with Crippen LogP contribution in [0.25, 0.3) is 6.08 Å². The maximum absolute atomic E-state index is 14.0. The van der Waals surface area contributed by atoms with Gasteiger partial charge in [0.15, 0.2) is 12.1 Å². The van der Waals surface area contributed by atoms with Crippen LogP contribution in [-0.4, -0.2) is 52.1 Å². The quantitative estimate of drug-likeness (QED) is 0.431.